The number of carbonyl (C=O) groups excluding carboxylic acids is 2. The van der Waals surface area contributed by atoms with E-state index in [1.807, 2.05) is 24.3 Å². The normalized spacial score (nSPS) is 14.9. The van der Waals surface area contributed by atoms with E-state index in [-0.39, 0.29) is 29.9 Å². The molecule has 2 amide bonds. The average molecular weight is 395 g/mol. The highest BCUT2D eigenvalue weighted by Gasteiger charge is 2.22. The standard InChI is InChI=1S/C21H22FN5O2/c22-17-5-3-4-16(12-17)15-25-8-10-26(11-9-25)20(28)14-23-21(29)19-13-18-6-1-2-7-27(18)24-19/h1-7,12-13H,8-11,14-15H2,(H,23,29). The van der Waals surface area contributed by atoms with Crippen LogP contribution >= 0.6 is 0 Å². The Balaban J connectivity index is 1.25. The highest BCUT2D eigenvalue weighted by molar-refractivity contribution is 5.95. The van der Waals surface area contributed by atoms with Gasteiger partial charge in [-0.25, -0.2) is 8.91 Å². The molecule has 1 fully saturated rings. The average Bonchev–Trinajstić information content (AvgIpc) is 3.17. The smallest absolute Gasteiger partial charge is 0.272 e. The van der Waals surface area contributed by atoms with E-state index in [1.165, 1.54) is 12.1 Å². The van der Waals surface area contributed by atoms with E-state index < -0.39 is 0 Å². The van der Waals surface area contributed by atoms with Crippen molar-refractivity contribution in [1.82, 2.24) is 24.7 Å². The zero-order valence-electron chi connectivity index (χ0n) is 15.9. The molecule has 1 aliphatic heterocycles. The molecule has 2 aromatic heterocycles. The Morgan fingerprint density at radius 1 is 1.03 bits per heavy atom. The molecule has 0 atom stereocenters. The molecule has 0 spiro atoms. The molecule has 3 heterocycles. The number of fused-ring (bicyclic) bond motifs is 1. The number of nitrogens with one attached hydrogen (secondary N) is 1. The monoisotopic (exact) mass is 395 g/mol. The van der Waals surface area contributed by atoms with Crippen molar-refractivity contribution in [3.05, 3.63) is 71.8 Å². The maximum absolute atomic E-state index is 13.3. The summed E-state index contributed by atoms with van der Waals surface area (Å²) >= 11 is 0. The predicted octanol–water partition coefficient (Wildman–Crippen LogP) is 1.55. The zero-order valence-corrected chi connectivity index (χ0v) is 15.9. The van der Waals surface area contributed by atoms with Crippen molar-refractivity contribution in [1.29, 1.82) is 0 Å². The molecule has 1 saturated heterocycles. The number of amides is 2. The van der Waals surface area contributed by atoms with Crippen molar-refractivity contribution in [3.8, 4) is 0 Å². The number of nitrogens with zero attached hydrogens (tertiary/aromatic N) is 4. The third kappa shape index (κ3) is 4.60. The number of pyridine rings is 1. The van der Waals surface area contributed by atoms with Gasteiger partial charge >= 0.3 is 0 Å². The summed E-state index contributed by atoms with van der Waals surface area (Å²) < 4.78 is 14.9. The van der Waals surface area contributed by atoms with Gasteiger partial charge in [0, 0.05) is 38.9 Å². The van der Waals surface area contributed by atoms with E-state index in [9.17, 15) is 14.0 Å². The lowest BCUT2D eigenvalue weighted by Gasteiger charge is -2.34. The van der Waals surface area contributed by atoms with Crippen LogP contribution < -0.4 is 5.32 Å². The molecule has 8 heteroatoms. The Morgan fingerprint density at radius 3 is 2.62 bits per heavy atom. The van der Waals surface area contributed by atoms with Crippen LogP contribution in [0.5, 0.6) is 0 Å². The van der Waals surface area contributed by atoms with Crippen molar-refractivity contribution in [2.45, 2.75) is 6.54 Å². The van der Waals surface area contributed by atoms with Crippen LogP contribution in [0.4, 0.5) is 4.39 Å². The molecule has 0 radical (unpaired) electrons. The first kappa shape index (κ1) is 19.1. The fourth-order valence-electron chi connectivity index (χ4n) is 3.46. The van der Waals surface area contributed by atoms with Crippen molar-refractivity contribution >= 4 is 17.3 Å². The molecule has 1 aromatic carbocycles. The third-order valence-electron chi connectivity index (χ3n) is 5.02. The maximum atomic E-state index is 13.3. The van der Waals surface area contributed by atoms with Crippen molar-refractivity contribution < 1.29 is 14.0 Å². The number of carbonyl (C=O) groups is 2. The summed E-state index contributed by atoms with van der Waals surface area (Å²) in [6.07, 6.45) is 1.76. The SMILES string of the molecule is O=C(NCC(=O)N1CCN(Cc2cccc(F)c2)CC1)c1cc2ccccn2n1. The summed E-state index contributed by atoms with van der Waals surface area (Å²) in [6, 6.07) is 13.8. The molecule has 150 valence electrons. The maximum Gasteiger partial charge on any atom is 0.272 e. The van der Waals surface area contributed by atoms with Crippen LogP contribution in [0.15, 0.2) is 54.7 Å². The molecular formula is C21H22FN5O2. The van der Waals surface area contributed by atoms with E-state index >= 15 is 0 Å². The number of aromatic nitrogens is 2. The molecule has 0 unspecified atom stereocenters. The zero-order chi connectivity index (χ0) is 20.2. The second-order valence-corrected chi connectivity index (χ2v) is 7.07. The van der Waals surface area contributed by atoms with E-state index in [1.54, 1.807) is 27.7 Å². The van der Waals surface area contributed by atoms with Crippen LogP contribution in [0.25, 0.3) is 5.52 Å². The van der Waals surface area contributed by atoms with Gasteiger partial charge in [0.05, 0.1) is 12.1 Å². The predicted molar refractivity (Wildman–Crippen MR) is 106 cm³/mol. The molecule has 1 N–H and O–H groups in total. The minimum atomic E-state index is -0.369. The number of rotatable bonds is 5. The number of piperazine rings is 1. The van der Waals surface area contributed by atoms with Gasteiger partial charge in [-0.05, 0) is 35.9 Å². The van der Waals surface area contributed by atoms with Crippen LogP contribution in [0.2, 0.25) is 0 Å². The fraction of sp³-hybridized carbons (Fsp3) is 0.286. The van der Waals surface area contributed by atoms with Crippen molar-refractivity contribution in [3.63, 3.8) is 0 Å². The van der Waals surface area contributed by atoms with Crippen LogP contribution in [-0.4, -0.2) is 64.0 Å². The quantitative estimate of drug-likeness (QED) is 0.712. The van der Waals surface area contributed by atoms with E-state index in [0.717, 1.165) is 11.1 Å². The van der Waals surface area contributed by atoms with Crippen LogP contribution in [-0.2, 0) is 11.3 Å². The summed E-state index contributed by atoms with van der Waals surface area (Å²) in [5, 5.41) is 6.86. The molecule has 0 aliphatic carbocycles. The summed E-state index contributed by atoms with van der Waals surface area (Å²) in [5.74, 6) is -0.725. The number of hydrogen-bond donors (Lipinski definition) is 1. The van der Waals surface area contributed by atoms with Gasteiger partial charge in [0.1, 0.15) is 5.82 Å². The Labute approximate surface area is 167 Å². The molecule has 7 nitrogen and oxygen atoms in total. The van der Waals surface area contributed by atoms with Gasteiger partial charge in [-0.1, -0.05) is 18.2 Å². The first-order valence-corrected chi connectivity index (χ1v) is 9.56. The Hall–Kier alpha value is -3.26. The highest BCUT2D eigenvalue weighted by Crippen LogP contribution is 2.10. The van der Waals surface area contributed by atoms with Crippen LogP contribution in [0, 0.1) is 5.82 Å². The highest BCUT2D eigenvalue weighted by atomic mass is 19.1. The van der Waals surface area contributed by atoms with Gasteiger partial charge in [-0.2, -0.15) is 5.10 Å². The summed E-state index contributed by atoms with van der Waals surface area (Å²) in [6.45, 7) is 3.18. The molecule has 1 aliphatic rings. The molecule has 3 aromatic rings. The second kappa shape index (κ2) is 8.40. The minimum Gasteiger partial charge on any atom is -0.342 e. The van der Waals surface area contributed by atoms with E-state index in [4.69, 9.17) is 0 Å². The van der Waals surface area contributed by atoms with Crippen LogP contribution in [0.3, 0.4) is 0 Å². The Kier molecular flexibility index (Phi) is 5.53. The van der Waals surface area contributed by atoms with Gasteiger partial charge < -0.3 is 10.2 Å². The molecular weight excluding hydrogens is 373 g/mol. The summed E-state index contributed by atoms with van der Waals surface area (Å²) in [7, 11) is 0. The first-order valence-electron chi connectivity index (χ1n) is 9.56. The van der Waals surface area contributed by atoms with Crippen LogP contribution in [0.1, 0.15) is 16.1 Å². The fourth-order valence-corrected chi connectivity index (χ4v) is 3.46. The number of halogens is 1. The topological polar surface area (TPSA) is 70.0 Å². The molecule has 0 saturated carbocycles. The van der Waals surface area contributed by atoms with Gasteiger partial charge in [-0.3, -0.25) is 14.5 Å². The van der Waals surface area contributed by atoms with Gasteiger partial charge in [0.2, 0.25) is 5.91 Å². The van der Waals surface area contributed by atoms with Gasteiger partial charge in [0.25, 0.3) is 5.91 Å². The lowest BCUT2D eigenvalue weighted by Crippen LogP contribution is -2.50. The van der Waals surface area contributed by atoms with Gasteiger partial charge in [0.15, 0.2) is 5.69 Å². The van der Waals surface area contributed by atoms with E-state index in [2.05, 4.69) is 15.3 Å². The molecule has 0 bridgehead atoms. The lowest BCUT2D eigenvalue weighted by molar-refractivity contribution is -0.131. The number of benzene rings is 1. The third-order valence-corrected chi connectivity index (χ3v) is 5.02. The largest absolute Gasteiger partial charge is 0.342 e. The molecule has 4 rings (SSSR count). The second-order valence-electron chi connectivity index (χ2n) is 7.07. The Morgan fingerprint density at radius 2 is 1.86 bits per heavy atom. The van der Waals surface area contributed by atoms with Crippen molar-refractivity contribution in [2.24, 2.45) is 0 Å². The molecule has 29 heavy (non-hydrogen) atoms. The number of hydrogen-bond acceptors (Lipinski definition) is 4. The van der Waals surface area contributed by atoms with E-state index in [0.29, 0.717) is 32.7 Å². The van der Waals surface area contributed by atoms with Gasteiger partial charge in [-0.15, -0.1) is 0 Å². The summed E-state index contributed by atoms with van der Waals surface area (Å²) in [5.41, 5.74) is 2.02. The first-order chi connectivity index (χ1) is 14.1. The van der Waals surface area contributed by atoms with Crippen molar-refractivity contribution in [2.75, 3.05) is 32.7 Å². The minimum absolute atomic E-state index is 0.0589. The summed E-state index contributed by atoms with van der Waals surface area (Å²) in [4.78, 5) is 28.7. The lowest BCUT2D eigenvalue weighted by atomic mass is 10.2. The Bertz CT molecular complexity index is 994.